The first-order valence-corrected chi connectivity index (χ1v) is 8.91. The summed E-state index contributed by atoms with van der Waals surface area (Å²) in [5, 5.41) is 8.74. The average molecular weight is 342 g/mol. The average Bonchev–Trinajstić information content (AvgIpc) is 2.51. The molecule has 0 aliphatic carbocycles. The molecule has 2 aromatic rings. The molecular weight excluding hydrogens is 312 g/mol. The Balaban J connectivity index is 2.18. The van der Waals surface area contributed by atoms with Gasteiger partial charge in [-0.25, -0.2) is 0 Å². The van der Waals surface area contributed by atoms with E-state index in [0.29, 0.717) is 5.92 Å². The number of rotatable bonds is 7. The van der Waals surface area contributed by atoms with Gasteiger partial charge in [-0.2, -0.15) is 0 Å². The van der Waals surface area contributed by atoms with Gasteiger partial charge in [0.2, 0.25) is 0 Å². The quantitative estimate of drug-likeness (QED) is 0.803. The lowest BCUT2D eigenvalue weighted by molar-refractivity contribution is -0.124. The number of carbonyl (C=O) groups excluding carboxylic acids is 1. The van der Waals surface area contributed by atoms with Crippen molar-refractivity contribution < 1.29 is 9.53 Å². The highest BCUT2D eigenvalue weighted by atomic mass is 16.5. The molecular formula is C21H30N2O2. The number of ether oxygens (including phenoxy) is 1. The highest BCUT2D eigenvalue weighted by Crippen LogP contribution is 2.28. The molecule has 136 valence electrons. The molecule has 0 aliphatic heterocycles. The van der Waals surface area contributed by atoms with E-state index in [1.54, 1.807) is 0 Å². The van der Waals surface area contributed by atoms with Crippen LogP contribution in [0.25, 0.3) is 10.8 Å². The molecule has 0 fully saturated rings. The van der Waals surface area contributed by atoms with Gasteiger partial charge in [-0.15, -0.1) is 0 Å². The maximum Gasteiger partial charge on any atom is 0.258 e. The van der Waals surface area contributed by atoms with Crippen molar-refractivity contribution >= 4 is 16.7 Å². The highest BCUT2D eigenvalue weighted by Gasteiger charge is 2.15. The third-order valence-electron chi connectivity index (χ3n) is 3.73. The van der Waals surface area contributed by atoms with Gasteiger partial charge in [0.05, 0.1) is 0 Å². The molecule has 0 saturated carbocycles. The van der Waals surface area contributed by atoms with Gasteiger partial charge in [-0.1, -0.05) is 44.2 Å². The molecule has 0 radical (unpaired) electrons. The molecule has 0 spiro atoms. The monoisotopic (exact) mass is 342 g/mol. The van der Waals surface area contributed by atoms with Crippen molar-refractivity contribution in [3.05, 3.63) is 42.0 Å². The van der Waals surface area contributed by atoms with Gasteiger partial charge < -0.3 is 15.4 Å². The lowest BCUT2D eigenvalue weighted by Gasteiger charge is -2.21. The normalized spacial score (nSPS) is 11.8. The Kier molecular flexibility index (Phi) is 6.43. The zero-order valence-corrected chi connectivity index (χ0v) is 16.0. The summed E-state index contributed by atoms with van der Waals surface area (Å²) < 4.78 is 5.86. The number of fused-ring (bicyclic) bond motifs is 1. The van der Waals surface area contributed by atoms with E-state index in [9.17, 15) is 4.79 Å². The molecule has 2 rings (SSSR count). The van der Waals surface area contributed by atoms with Crippen LogP contribution in [-0.2, 0) is 11.3 Å². The molecule has 0 heterocycles. The standard InChI is InChI=1S/C21H30N2O2/c1-15(2)12-22-13-18-17-9-7-6-8-16(17)10-11-19(18)25-14-20(24)23-21(3,4)5/h6-11,15,22H,12-14H2,1-5H3,(H,23,24). The summed E-state index contributed by atoms with van der Waals surface area (Å²) in [4.78, 5) is 12.1. The zero-order chi connectivity index (χ0) is 18.4. The maximum absolute atomic E-state index is 12.1. The van der Waals surface area contributed by atoms with Crippen molar-refractivity contribution in [3.63, 3.8) is 0 Å². The summed E-state index contributed by atoms with van der Waals surface area (Å²) in [6.07, 6.45) is 0. The van der Waals surface area contributed by atoms with Crippen molar-refractivity contribution in [1.82, 2.24) is 10.6 Å². The minimum Gasteiger partial charge on any atom is -0.483 e. The summed E-state index contributed by atoms with van der Waals surface area (Å²) in [6, 6.07) is 12.3. The summed E-state index contributed by atoms with van der Waals surface area (Å²) in [6.45, 7) is 11.9. The second-order valence-electron chi connectivity index (χ2n) is 7.87. The Morgan fingerprint density at radius 2 is 1.84 bits per heavy atom. The van der Waals surface area contributed by atoms with Crippen LogP contribution in [0, 0.1) is 5.92 Å². The molecule has 2 N–H and O–H groups in total. The van der Waals surface area contributed by atoms with E-state index in [-0.39, 0.29) is 18.1 Å². The zero-order valence-electron chi connectivity index (χ0n) is 16.0. The molecule has 0 aliphatic rings. The van der Waals surface area contributed by atoms with Crippen LogP contribution in [0.3, 0.4) is 0 Å². The Labute approximate surface area is 151 Å². The minimum atomic E-state index is -0.258. The van der Waals surface area contributed by atoms with Crippen molar-refractivity contribution in [2.75, 3.05) is 13.2 Å². The topological polar surface area (TPSA) is 50.4 Å². The summed E-state index contributed by atoms with van der Waals surface area (Å²) >= 11 is 0. The van der Waals surface area contributed by atoms with Crippen LogP contribution in [-0.4, -0.2) is 24.6 Å². The second-order valence-corrected chi connectivity index (χ2v) is 7.87. The van der Waals surface area contributed by atoms with E-state index in [1.807, 2.05) is 45.0 Å². The van der Waals surface area contributed by atoms with Gasteiger partial charge in [0.25, 0.3) is 5.91 Å². The predicted octanol–water partition coefficient (Wildman–Crippen LogP) is 3.88. The molecule has 0 bridgehead atoms. The molecule has 0 aromatic heterocycles. The van der Waals surface area contributed by atoms with Crippen molar-refractivity contribution in [2.24, 2.45) is 5.92 Å². The first-order valence-electron chi connectivity index (χ1n) is 8.91. The third-order valence-corrected chi connectivity index (χ3v) is 3.73. The van der Waals surface area contributed by atoms with Crippen LogP contribution in [0.4, 0.5) is 0 Å². The van der Waals surface area contributed by atoms with Crippen LogP contribution in [0.2, 0.25) is 0 Å². The lowest BCUT2D eigenvalue weighted by atomic mass is 10.0. The molecule has 0 atom stereocenters. The van der Waals surface area contributed by atoms with Gasteiger partial charge >= 0.3 is 0 Å². The van der Waals surface area contributed by atoms with E-state index in [2.05, 4.69) is 36.6 Å². The first-order chi connectivity index (χ1) is 11.8. The van der Waals surface area contributed by atoms with Crippen molar-refractivity contribution in [3.8, 4) is 5.75 Å². The Hall–Kier alpha value is -2.07. The van der Waals surface area contributed by atoms with E-state index >= 15 is 0 Å². The summed E-state index contributed by atoms with van der Waals surface area (Å²) in [7, 11) is 0. The van der Waals surface area contributed by atoms with Crippen LogP contribution < -0.4 is 15.4 Å². The molecule has 0 saturated heterocycles. The van der Waals surface area contributed by atoms with Gasteiger partial charge in [-0.3, -0.25) is 4.79 Å². The second kappa shape index (κ2) is 8.34. The van der Waals surface area contributed by atoms with E-state index < -0.39 is 0 Å². The minimum absolute atomic E-state index is 0.0206. The molecule has 0 unspecified atom stereocenters. The Morgan fingerprint density at radius 3 is 2.52 bits per heavy atom. The fourth-order valence-electron chi connectivity index (χ4n) is 2.72. The van der Waals surface area contributed by atoms with E-state index in [4.69, 9.17) is 4.74 Å². The van der Waals surface area contributed by atoms with E-state index in [1.165, 1.54) is 5.39 Å². The van der Waals surface area contributed by atoms with Gasteiger partial charge in [-0.05, 0) is 50.1 Å². The number of amides is 1. The highest BCUT2D eigenvalue weighted by molar-refractivity contribution is 5.88. The Morgan fingerprint density at radius 1 is 1.12 bits per heavy atom. The van der Waals surface area contributed by atoms with Crippen LogP contribution >= 0.6 is 0 Å². The first kappa shape index (κ1) is 19.3. The summed E-state index contributed by atoms with van der Waals surface area (Å²) in [5.74, 6) is 1.23. The molecule has 2 aromatic carbocycles. The van der Waals surface area contributed by atoms with Gasteiger partial charge in [0.15, 0.2) is 6.61 Å². The van der Waals surface area contributed by atoms with Crippen LogP contribution in [0.5, 0.6) is 5.75 Å². The largest absolute Gasteiger partial charge is 0.483 e. The fraction of sp³-hybridized carbons (Fsp3) is 0.476. The van der Waals surface area contributed by atoms with Crippen molar-refractivity contribution in [2.45, 2.75) is 46.7 Å². The number of benzene rings is 2. The van der Waals surface area contributed by atoms with E-state index in [0.717, 1.165) is 29.8 Å². The predicted molar refractivity (Wildman–Crippen MR) is 104 cm³/mol. The Bertz CT molecular complexity index is 717. The SMILES string of the molecule is CC(C)CNCc1c(OCC(=O)NC(C)(C)C)ccc2ccccc12. The maximum atomic E-state index is 12.1. The molecule has 1 amide bonds. The van der Waals surface area contributed by atoms with Gasteiger partial charge in [0, 0.05) is 17.6 Å². The molecule has 4 nitrogen and oxygen atoms in total. The molecule has 25 heavy (non-hydrogen) atoms. The van der Waals surface area contributed by atoms with Crippen LogP contribution in [0.15, 0.2) is 36.4 Å². The number of hydrogen-bond donors (Lipinski definition) is 2. The molecule has 4 heteroatoms. The third kappa shape index (κ3) is 6.05. The van der Waals surface area contributed by atoms with Crippen molar-refractivity contribution in [1.29, 1.82) is 0 Å². The smallest absolute Gasteiger partial charge is 0.258 e. The number of hydrogen-bond acceptors (Lipinski definition) is 3. The summed E-state index contributed by atoms with van der Waals surface area (Å²) in [5.41, 5.74) is 0.841. The number of nitrogens with one attached hydrogen (secondary N) is 2. The fourth-order valence-corrected chi connectivity index (χ4v) is 2.72. The van der Waals surface area contributed by atoms with Crippen LogP contribution in [0.1, 0.15) is 40.2 Å². The number of carbonyl (C=O) groups is 1. The van der Waals surface area contributed by atoms with Gasteiger partial charge in [0.1, 0.15) is 5.75 Å². The lowest BCUT2D eigenvalue weighted by Crippen LogP contribution is -2.43.